The second-order valence-electron chi connectivity index (χ2n) is 2.45. The van der Waals surface area contributed by atoms with Crippen LogP contribution in [0.15, 0.2) is 0 Å². The van der Waals surface area contributed by atoms with Crippen molar-refractivity contribution in [2.45, 2.75) is 20.8 Å². The summed E-state index contributed by atoms with van der Waals surface area (Å²) in [5.41, 5.74) is 0. The van der Waals surface area contributed by atoms with Gasteiger partial charge >= 0.3 is 0 Å². The first-order chi connectivity index (χ1) is 7.15. The highest BCUT2D eigenvalue weighted by molar-refractivity contribution is 5.72. The third-order valence-electron chi connectivity index (χ3n) is 0.744. The number of Topliss-reactive ketones (excluding diaryl/α,β-unsaturated/α-hetero) is 1. The van der Waals surface area contributed by atoms with E-state index in [0.717, 1.165) is 33.5 Å². The van der Waals surface area contributed by atoms with Gasteiger partial charge in [-0.15, -0.1) is 0 Å². The third-order valence-corrected chi connectivity index (χ3v) is 0.744. The van der Waals surface area contributed by atoms with Crippen LogP contribution in [-0.4, -0.2) is 56.1 Å². The smallest absolute Gasteiger partial charge is 0.126 e. The van der Waals surface area contributed by atoms with Crippen LogP contribution in [-0.2, 0) is 14.3 Å². The maximum Gasteiger partial charge on any atom is 0.126 e. The molecule has 0 aromatic rings. The molecule has 5 heteroatoms. The van der Waals surface area contributed by atoms with Crippen LogP contribution in [0.4, 0.5) is 0 Å². The molecule has 0 amide bonds. The Bertz CT molecular complexity index is 86.5. The van der Waals surface area contributed by atoms with Gasteiger partial charge in [-0.1, -0.05) is 0 Å². The fraction of sp³-hybridized carbons (Fsp3) is 0.900. The molecule has 0 aromatic heterocycles. The summed E-state index contributed by atoms with van der Waals surface area (Å²) in [6.45, 7) is 8.10. The summed E-state index contributed by atoms with van der Waals surface area (Å²) >= 11 is 0. The molecule has 1 fully saturated rings. The van der Waals surface area contributed by atoms with Crippen LogP contribution in [0, 0.1) is 0 Å². The van der Waals surface area contributed by atoms with Gasteiger partial charge < -0.3 is 24.5 Å². The summed E-state index contributed by atoms with van der Waals surface area (Å²) in [5, 5.41) is 14.6. The Morgan fingerprint density at radius 2 is 1.20 bits per heavy atom. The maximum atomic E-state index is 9.44. The molecule has 0 radical (unpaired) electrons. The van der Waals surface area contributed by atoms with Gasteiger partial charge in [-0.25, -0.2) is 0 Å². The van der Waals surface area contributed by atoms with E-state index < -0.39 is 0 Å². The number of carbonyl (C=O) groups is 1. The number of rotatable bonds is 0. The van der Waals surface area contributed by atoms with E-state index in [-0.39, 0.29) is 12.4 Å². The normalized spacial score (nSPS) is 12.9. The van der Waals surface area contributed by atoms with Crippen LogP contribution in [0.1, 0.15) is 20.8 Å². The Kier molecular flexibility index (Phi) is 31.2. The van der Waals surface area contributed by atoms with Crippen molar-refractivity contribution in [3.63, 3.8) is 0 Å². The number of aliphatic hydroxyl groups is 2. The van der Waals surface area contributed by atoms with Crippen molar-refractivity contribution in [3.05, 3.63) is 0 Å². The van der Waals surface area contributed by atoms with E-state index in [1.165, 1.54) is 13.8 Å². The minimum absolute atomic E-state index is 0.167. The van der Waals surface area contributed by atoms with Gasteiger partial charge in [-0.05, 0) is 20.8 Å². The van der Waals surface area contributed by atoms with Gasteiger partial charge in [0.05, 0.1) is 26.4 Å². The second-order valence-corrected chi connectivity index (χ2v) is 2.45. The highest BCUT2D eigenvalue weighted by Crippen LogP contribution is 1.85. The first kappa shape index (κ1) is 20.0. The number of ketones is 1. The highest BCUT2D eigenvalue weighted by atomic mass is 16.6. The lowest BCUT2D eigenvalue weighted by Crippen LogP contribution is -2.16. The molecular weight excluding hydrogens is 200 g/mol. The quantitative estimate of drug-likeness (QED) is 0.616. The number of carbonyl (C=O) groups excluding carboxylic acids is 1. The zero-order valence-corrected chi connectivity index (χ0v) is 10.2. The zero-order chi connectivity index (χ0) is 12.5. The van der Waals surface area contributed by atoms with E-state index in [1.54, 1.807) is 6.92 Å². The standard InChI is InChI=1S/C4H8O2.C3H6O.C2H6O.CH4O/c1-2-6-4-3-5-1;1-3(2)4;1-2-3;1-2/h1-4H2;1-2H3;3H,2H2,1H3;2H,1H3. The lowest BCUT2D eigenvalue weighted by Gasteiger charge is -2.09. The van der Waals surface area contributed by atoms with Crippen molar-refractivity contribution in [3.8, 4) is 0 Å². The van der Waals surface area contributed by atoms with Crippen LogP contribution in [0.25, 0.3) is 0 Å². The van der Waals surface area contributed by atoms with Gasteiger partial charge in [0.2, 0.25) is 0 Å². The molecular formula is C10H24O5. The van der Waals surface area contributed by atoms with Crippen molar-refractivity contribution >= 4 is 5.78 Å². The summed E-state index contributed by atoms with van der Waals surface area (Å²) in [4.78, 5) is 9.44. The molecule has 15 heavy (non-hydrogen) atoms. The number of hydrogen-bond donors (Lipinski definition) is 2. The van der Waals surface area contributed by atoms with Gasteiger partial charge in [0.25, 0.3) is 0 Å². The lowest BCUT2D eigenvalue weighted by atomic mass is 10.6. The predicted molar refractivity (Wildman–Crippen MR) is 58.9 cm³/mol. The Hall–Kier alpha value is -0.490. The maximum absolute atomic E-state index is 9.44. The van der Waals surface area contributed by atoms with Gasteiger partial charge in [-0.3, -0.25) is 0 Å². The minimum Gasteiger partial charge on any atom is -0.400 e. The van der Waals surface area contributed by atoms with Crippen LogP contribution in [0.2, 0.25) is 0 Å². The molecule has 0 atom stereocenters. The summed E-state index contributed by atoms with van der Waals surface area (Å²) in [5.74, 6) is 0.167. The van der Waals surface area contributed by atoms with Gasteiger partial charge in [0.15, 0.2) is 0 Å². The van der Waals surface area contributed by atoms with E-state index in [1.807, 2.05) is 0 Å². The van der Waals surface area contributed by atoms with E-state index in [9.17, 15) is 4.79 Å². The van der Waals surface area contributed by atoms with Crippen LogP contribution >= 0.6 is 0 Å². The molecule has 0 spiro atoms. The highest BCUT2D eigenvalue weighted by Gasteiger charge is 1.94. The molecule has 0 unspecified atom stereocenters. The predicted octanol–water partition coefficient (Wildman–Crippen LogP) is 0.236. The van der Waals surface area contributed by atoms with Gasteiger partial charge in [-0.2, -0.15) is 0 Å². The molecule has 1 saturated heterocycles. The van der Waals surface area contributed by atoms with E-state index in [2.05, 4.69) is 0 Å². The molecule has 5 nitrogen and oxygen atoms in total. The van der Waals surface area contributed by atoms with E-state index in [0.29, 0.717) is 0 Å². The van der Waals surface area contributed by atoms with E-state index >= 15 is 0 Å². The Labute approximate surface area is 92.0 Å². The molecule has 1 aliphatic heterocycles. The first-order valence-electron chi connectivity index (χ1n) is 4.83. The van der Waals surface area contributed by atoms with Crippen LogP contribution < -0.4 is 0 Å². The summed E-state index contributed by atoms with van der Waals surface area (Å²) in [6.07, 6.45) is 0. The van der Waals surface area contributed by atoms with Gasteiger partial charge in [0.1, 0.15) is 5.78 Å². The molecule has 1 aliphatic rings. The number of aliphatic hydroxyl groups excluding tert-OH is 2. The largest absolute Gasteiger partial charge is 0.400 e. The van der Waals surface area contributed by atoms with Crippen LogP contribution in [0.5, 0.6) is 0 Å². The molecule has 0 aromatic carbocycles. The summed E-state index contributed by atoms with van der Waals surface area (Å²) in [7, 11) is 1.00. The topological polar surface area (TPSA) is 76.0 Å². The second kappa shape index (κ2) is 23.4. The molecule has 94 valence electrons. The minimum atomic E-state index is 0.167. The van der Waals surface area contributed by atoms with Gasteiger partial charge in [0, 0.05) is 13.7 Å². The Morgan fingerprint density at radius 3 is 1.27 bits per heavy atom. The van der Waals surface area contributed by atoms with Crippen molar-refractivity contribution in [2.24, 2.45) is 0 Å². The molecule has 1 rings (SSSR count). The molecule has 1 heterocycles. The van der Waals surface area contributed by atoms with Crippen molar-refractivity contribution in [2.75, 3.05) is 40.1 Å². The van der Waals surface area contributed by atoms with Crippen molar-refractivity contribution in [1.82, 2.24) is 0 Å². The monoisotopic (exact) mass is 224 g/mol. The average molecular weight is 224 g/mol. The van der Waals surface area contributed by atoms with Crippen molar-refractivity contribution in [1.29, 1.82) is 0 Å². The average Bonchev–Trinajstić information content (AvgIpc) is 2.24. The van der Waals surface area contributed by atoms with Crippen molar-refractivity contribution < 1.29 is 24.5 Å². The Morgan fingerprint density at radius 1 is 1.07 bits per heavy atom. The van der Waals surface area contributed by atoms with Crippen LogP contribution in [0.3, 0.4) is 0 Å². The first-order valence-corrected chi connectivity index (χ1v) is 4.83. The fourth-order valence-electron chi connectivity index (χ4n) is 0.440. The van der Waals surface area contributed by atoms with E-state index in [4.69, 9.17) is 19.7 Å². The SMILES string of the molecule is C1COCCO1.CC(C)=O.CCO.CO. The summed E-state index contributed by atoms with van der Waals surface area (Å²) < 4.78 is 9.89. The molecule has 0 saturated carbocycles. The summed E-state index contributed by atoms with van der Waals surface area (Å²) in [6, 6.07) is 0. The third kappa shape index (κ3) is 59.0. The number of ether oxygens (including phenoxy) is 2. The molecule has 0 aliphatic carbocycles. The lowest BCUT2D eigenvalue weighted by molar-refractivity contribution is -0.114. The Balaban J connectivity index is -0.000000142. The fourth-order valence-corrected chi connectivity index (χ4v) is 0.440. The number of hydrogen-bond acceptors (Lipinski definition) is 5. The zero-order valence-electron chi connectivity index (χ0n) is 10.2. The molecule has 2 N–H and O–H groups in total. The molecule has 0 bridgehead atoms.